The van der Waals surface area contributed by atoms with Gasteiger partial charge in [0.15, 0.2) is 0 Å². The van der Waals surface area contributed by atoms with Gasteiger partial charge in [-0.1, -0.05) is 0 Å². The third-order valence-corrected chi connectivity index (χ3v) is 4.18. The predicted molar refractivity (Wildman–Crippen MR) is 75.4 cm³/mol. The van der Waals surface area contributed by atoms with E-state index in [4.69, 9.17) is 4.74 Å². The lowest BCUT2D eigenvalue weighted by atomic mass is 9.95. The van der Waals surface area contributed by atoms with E-state index < -0.39 is 11.5 Å². The predicted octanol–water partition coefficient (Wildman–Crippen LogP) is 1.19. The molecule has 1 aliphatic heterocycles. The van der Waals surface area contributed by atoms with Crippen LogP contribution in [0.3, 0.4) is 0 Å². The van der Waals surface area contributed by atoms with Gasteiger partial charge in [0.1, 0.15) is 5.54 Å². The van der Waals surface area contributed by atoms with Crippen LogP contribution in [0.25, 0.3) is 0 Å². The second kappa shape index (κ2) is 7.82. The van der Waals surface area contributed by atoms with Crippen LogP contribution in [0.4, 0.5) is 0 Å². The first-order valence-electron chi connectivity index (χ1n) is 7.15. The van der Waals surface area contributed by atoms with Gasteiger partial charge in [-0.25, -0.2) is 0 Å². The van der Waals surface area contributed by atoms with Crippen molar-refractivity contribution in [3.8, 4) is 0 Å². The molecule has 1 rings (SSSR count). The second-order valence-corrected chi connectivity index (χ2v) is 5.76. The van der Waals surface area contributed by atoms with Gasteiger partial charge in [-0.05, 0) is 58.7 Å². The number of methoxy groups -OCH3 is 1. The number of hydrogen-bond acceptors (Lipinski definition) is 4. The number of piperidine rings is 1. The molecule has 0 aromatic heterocycles. The summed E-state index contributed by atoms with van der Waals surface area (Å²) in [5, 5.41) is 12.1. The Morgan fingerprint density at radius 1 is 1.58 bits per heavy atom. The SMILES string of the molecule is CNC(C)(CCCN1CCCC(COC)C1)C(=O)O. The van der Waals surface area contributed by atoms with Crippen molar-refractivity contribution in [1.82, 2.24) is 10.2 Å². The summed E-state index contributed by atoms with van der Waals surface area (Å²) in [6.07, 6.45) is 4.03. The molecule has 19 heavy (non-hydrogen) atoms. The minimum atomic E-state index is -0.804. The van der Waals surface area contributed by atoms with E-state index in [1.54, 1.807) is 21.1 Å². The molecule has 0 bridgehead atoms. The number of carboxylic acid groups (broad SMARTS) is 1. The monoisotopic (exact) mass is 272 g/mol. The molecule has 1 aliphatic rings. The lowest BCUT2D eigenvalue weighted by Crippen LogP contribution is -2.48. The number of hydrogen-bond donors (Lipinski definition) is 2. The summed E-state index contributed by atoms with van der Waals surface area (Å²) < 4.78 is 5.22. The molecule has 2 N–H and O–H groups in total. The average Bonchev–Trinajstić information content (AvgIpc) is 2.39. The fraction of sp³-hybridized carbons (Fsp3) is 0.929. The first-order chi connectivity index (χ1) is 9.01. The van der Waals surface area contributed by atoms with Gasteiger partial charge in [-0.15, -0.1) is 0 Å². The topological polar surface area (TPSA) is 61.8 Å². The van der Waals surface area contributed by atoms with E-state index in [0.717, 1.165) is 32.7 Å². The molecule has 0 aromatic rings. The number of aliphatic carboxylic acids is 1. The molecule has 5 heteroatoms. The highest BCUT2D eigenvalue weighted by atomic mass is 16.5. The van der Waals surface area contributed by atoms with E-state index in [2.05, 4.69) is 10.2 Å². The van der Waals surface area contributed by atoms with Crippen molar-refractivity contribution in [2.45, 2.75) is 38.1 Å². The Kier molecular flexibility index (Phi) is 6.75. The van der Waals surface area contributed by atoms with Gasteiger partial charge in [-0.2, -0.15) is 0 Å². The number of likely N-dealkylation sites (tertiary alicyclic amines) is 1. The van der Waals surface area contributed by atoms with Crippen LogP contribution >= 0.6 is 0 Å². The Bertz CT molecular complexity index is 284. The average molecular weight is 272 g/mol. The van der Waals surface area contributed by atoms with Crippen molar-refractivity contribution in [3.63, 3.8) is 0 Å². The van der Waals surface area contributed by atoms with Gasteiger partial charge in [0, 0.05) is 13.7 Å². The molecule has 1 heterocycles. The maximum atomic E-state index is 11.2. The van der Waals surface area contributed by atoms with Gasteiger partial charge < -0.3 is 20.1 Å². The summed E-state index contributed by atoms with van der Waals surface area (Å²) in [5.74, 6) is -0.139. The largest absolute Gasteiger partial charge is 0.480 e. The summed E-state index contributed by atoms with van der Waals surface area (Å²) in [6, 6.07) is 0. The Morgan fingerprint density at radius 3 is 2.89 bits per heavy atom. The molecule has 0 aromatic carbocycles. The minimum absolute atomic E-state index is 0.633. The molecule has 2 unspecified atom stereocenters. The van der Waals surface area contributed by atoms with Crippen molar-refractivity contribution in [3.05, 3.63) is 0 Å². The lowest BCUT2D eigenvalue weighted by Gasteiger charge is -2.33. The molecule has 0 radical (unpaired) electrons. The van der Waals surface area contributed by atoms with Crippen LogP contribution < -0.4 is 5.32 Å². The number of nitrogens with one attached hydrogen (secondary N) is 1. The fourth-order valence-corrected chi connectivity index (χ4v) is 2.72. The third-order valence-electron chi connectivity index (χ3n) is 4.18. The molecule has 0 aliphatic carbocycles. The molecule has 0 spiro atoms. The van der Waals surface area contributed by atoms with Crippen LogP contribution in [0.2, 0.25) is 0 Å². The van der Waals surface area contributed by atoms with Gasteiger partial charge in [-0.3, -0.25) is 4.79 Å². The quantitative estimate of drug-likeness (QED) is 0.695. The number of likely N-dealkylation sites (N-methyl/N-ethyl adjacent to an activating group) is 1. The highest BCUT2D eigenvalue weighted by molar-refractivity contribution is 5.78. The first kappa shape index (κ1) is 16.4. The number of ether oxygens (including phenoxy) is 1. The Balaban J connectivity index is 2.30. The molecule has 1 saturated heterocycles. The highest BCUT2D eigenvalue weighted by Gasteiger charge is 2.30. The van der Waals surface area contributed by atoms with Crippen molar-refractivity contribution in [2.75, 3.05) is 40.4 Å². The lowest BCUT2D eigenvalue weighted by molar-refractivity contribution is -0.144. The Hall–Kier alpha value is -0.650. The normalized spacial score (nSPS) is 24.1. The zero-order valence-corrected chi connectivity index (χ0v) is 12.4. The van der Waals surface area contributed by atoms with Gasteiger partial charge >= 0.3 is 5.97 Å². The van der Waals surface area contributed by atoms with Crippen molar-refractivity contribution < 1.29 is 14.6 Å². The standard InChI is InChI=1S/C14H28N2O3/c1-14(15-2,13(17)18)7-5-9-16-8-4-6-12(10-16)11-19-3/h12,15H,4-11H2,1-3H3,(H,17,18). The minimum Gasteiger partial charge on any atom is -0.480 e. The molecule has 2 atom stereocenters. The van der Waals surface area contributed by atoms with Crippen LogP contribution in [-0.2, 0) is 9.53 Å². The maximum absolute atomic E-state index is 11.2. The van der Waals surface area contributed by atoms with Gasteiger partial charge in [0.05, 0.1) is 6.61 Å². The zero-order chi connectivity index (χ0) is 14.3. The number of rotatable bonds is 8. The summed E-state index contributed by atoms with van der Waals surface area (Å²) in [4.78, 5) is 13.6. The third kappa shape index (κ3) is 5.09. The van der Waals surface area contributed by atoms with Crippen LogP contribution in [0.5, 0.6) is 0 Å². The molecular weight excluding hydrogens is 244 g/mol. The molecule has 5 nitrogen and oxygen atoms in total. The fourth-order valence-electron chi connectivity index (χ4n) is 2.72. The second-order valence-electron chi connectivity index (χ2n) is 5.76. The molecule has 0 saturated carbocycles. The van der Waals surface area contributed by atoms with E-state index in [1.165, 1.54) is 12.8 Å². The molecule has 0 amide bonds. The summed E-state index contributed by atoms with van der Waals surface area (Å²) in [7, 11) is 3.47. The maximum Gasteiger partial charge on any atom is 0.323 e. The van der Waals surface area contributed by atoms with Crippen molar-refractivity contribution >= 4 is 5.97 Å². The Morgan fingerprint density at radius 2 is 2.32 bits per heavy atom. The smallest absolute Gasteiger partial charge is 0.323 e. The summed E-state index contributed by atoms with van der Waals surface area (Å²) in [5.41, 5.74) is -0.804. The Labute approximate surface area is 116 Å². The molecule has 1 fully saturated rings. The van der Waals surface area contributed by atoms with Crippen molar-refractivity contribution in [2.24, 2.45) is 5.92 Å². The van der Waals surface area contributed by atoms with E-state index in [1.807, 2.05) is 0 Å². The highest BCUT2D eigenvalue weighted by Crippen LogP contribution is 2.18. The van der Waals surface area contributed by atoms with Crippen LogP contribution in [0.15, 0.2) is 0 Å². The van der Waals surface area contributed by atoms with E-state index in [9.17, 15) is 9.90 Å². The molecular formula is C14H28N2O3. The number of carboxylic acids is 1. The first-order valence-corrected chi connectivity index (χ1v) is 7.15. The van der Waals surface area contributed by atoms with Crippen LogP contribution in [0, 0.1) is 5.92 Å². The van der Waals surface area contributed by atoms with E-state index >= 15 is 0 Å². The van der Waals surface area contributed by atoms with Gasteiger partial charge in [0.25, 0.3) is 0 Å². The number of nitrogens with zero attached hydrogens (tertiary/aromatic N) is 1. The molecule has 112 valence electrons. The number of carbonyl (C=O) groups is 1. The van der Waals surface area contributed by atoms with Crippen LogP contribution in [-0.4, -0.2) is 61.9 Å². The summed E-state index contributed by atoms with van der Waals surface area (Å²) >= 11 is 0. The van der Waals surface area contributed by atoms with E-state index in [0.29, 0.717) is 12.3 Å². The zero-order valence-electron chi connectivity index (χ0n) is 12.4. The van der Waals surface area contributed by atoms with Crippen molar-refractivity contribution in [1.29, 1.82) is 0 Å². The summed E-state index contributed by atoms with van der Waals surface area (Å²) in [6.45, 7) is 5.77. The van der Waals surface area contributed by atoms with Crippen LogP contribution in [0.1, 0.15) is 32.6 Å². The van der Waals surface area contributed by atoms with Gasteiger partial charge in [0.2, 0.25) is 0 Å². The van der Waals surface area contributed by atoms with E-state index in [-0.39, 0.29) is 0 Å².